The lowest BCUT2D eigenvalue weighted by Crippen LogP contribution is -2.35. The van der Waals surface area contributed by atoms with Crippen LogP contribution < -0.4 is 10.9 Å². The molecule has 3 heterocycles. The largest absolute Gasteiger partial charge is 0.336 e. The summed E-state index contributed by atoms with van der Waals surface area (Å²) in [5.41, 5.74) is 3.16. The van der Waals surface area contributed by atoms with Crippen molar-refractivity contribution >= 4 is 40.4 Å². The van der Waals surface area contributed by atoms with E-state index < -0.39 is 0 Å². The van der Waals surface area contributed by atoms with Gasteiger partial charge >= 0.3 is 6.03 Å². The summed E-state index contributed by atoms with van der Waals surface area (Å²) in [6.45, 7) is 4.72. The molecule has 32 heavy (non-hydrogen) atoms. The number of carbonyl (C=O) groups excluding carboxylic acids is 2. The zero-order valence-corrected chi connectivity index (χ0v) is 18.3. The van der Waals surface area contributed by atoms with Gasteiger partial charge in [-0.15, -0.1) is 10.2 Å². The molecule has 0 atom stereocenters. The van der Waals surface area contributed by atoms with E-state index in [2.05, 4.69) is 15.5 Å². The topological polar surface area (TPSA) is 102 Å². The Hall–Kier alpha value is -3.66. The minimum Gasteiger partial charge on any atom is -0.336 e. The number of fused-ring (bicyclic) bond motifs is 3. The summed E-state index contributed by atoms with van der Waals surface area (Å²) in [6.07, 6.45) is 0. The summed E-state index contributed by atoms with van der Waals surface area (Å²) in [7, 11) is 0. The van der Waals surface area contributed by atoms with Crippen molar-refractivity contribution in [1.29, 1.82) is 0 Å². The van der Waals surface area contributed by atoms with Gasteiger partial charge in [-0.05, 0) is 43.2 Å². The predicted octanol–water partition coefficient (Wildman–Crippen LogP) is 2.29. The van der Waals surface area contributed by atoms with Crippen molar-refractivity contribution in [3.8, 4) is 5.69 Å². The summed E-state index contributed by atoms with van der Waals surface area (Å²) in [5, 5.41) is 12.2. The third-order valence-electron chi connectivity index (χ3n) is 5.48. The van der Waals surface area contributed by atoms with Gasteiger partial charge < -0.3 is 5.32 Å². The molecule has 0 spiro atoms. The van der Waals surface area contributed by atoms with Gasteiger partial charge in [-0.3, -0.25) is 18.9 Å². The number of thioether (sulfide) groups is 1. The first-order valence-corrected chi connectivity index (χ1v) is 11.1. The molecule has 1 aliphatic heterocycles. The summed E-state index contributed by atoms with van der Waals surface area (Å²) in [5.74, 6) is 0.107. The first kappa shape index (κ1) is 20.3. The maximum atomic E-state index is 13.5. The summed E-state index contributed by atoms with van der Waals surface area (Å²) in [6, 6.07) is 12.8. The summed E-state index contributed by atoms with van der Waals surface area (Å²) >= 11 is 1.19. The normalized spacial score (nSPS) is 13.8. The predicted molar refractivity (Wildman–Crippen MR) is 121 cm³/mol. The first-order chi connectivity index (χ1) is 15.5. The molecule has 4 aromatic rings. The van der Waals surface area contributed by atoms with E-state index in [-0.39, 0.29) is 23.3 Å². The molecule has 162 valence electrons. The molecule has 5 rings (SSSR count). The van der Waals surface area contributed by atoms with Crippen molar-refractivity contribution in [2.24, 2.45) is 0 Å². The third-order valence-corrected chi connectivity index (χ3v) is 6.40. The molecule has 0 saturated carbocycles. The first-order valence-electron chi connectivity index (χ1n) is 10.1. The van der Waals surface area contributed by atoms with Crippen LogP contribution in [0.1, 0.15) is 11.1 Å². The van der Waals surface area contributed by atoms with Crippen LogP contribution in [0.25, 0.3) is 22.4 Å². The Morgan fingerprint density at radius 3 is 2.72 bits per heavy atom. The number of hydrogen-bond donors (Lipinski definition) is 1. The van der Waals surface area contributed by atoms with Gasteiger partial charge in [0.25, 0.3) is 5.56 Å². The lowest BCUT2D eigenvalue weighted by atomic mass is 10.1. The number of hydrogen-bond acceptors (Lipinski definition) is 6. The molecule has 9 nitrogen and oxygen atoms in total. The second-order valence-electron chi connectivity index (χ2n) is 7.63. The Morgan fingerprint density at radius 2 is 1.94 bits per heavy atom. The molecule has 2 aromatic heterocycles. The van der Waals surface area contributed by atoms with E-state index in [1.807, 2.05) is 50.2 Å². The highest BCUT2D eigenvalue weighted by Crippen LogP contribution is 2.25. The maximum Gasteiger partial charge on any atom is 0.324 e. The highest BCUT2D eigenvalue weighted by atomic mass is 32.2. The van der Waals surface area contributed by atoms with Crippen molar-refractivity contribution in [3.63, 3.8) is 0 Å². The van der Waals surface area contributed by atoms with Crippen LogP contribution in [-0.4, -0.2) is 54.8 Å². The number of nitrogens with one attached hydrogen (secondary N) is 1. The van der Waals surface area contributed by atoms with Gasteiger partial charge in [-0.1, -0.05) is 36.0 Å². The molecule has 0 bridgehead atoms. The van der Waals surface area contributed by atoms with E-state index in [4.69, 9.17) is 0 Å². The minimum absolute atomic E-state index is 0.0329. The van der Waals surface area contributed by atoms with Crippen LogP contribution in [0.4, 0.5) is 4.79 Å². The number of rotatable bonds is 4. The van der Waals surface area contributed by atoms with Gasteiger partial charge in [0.2, 0.25) is 11.7 Å². The van der Waals surface area contributed by atoms with Gasteiger partial charge in [0.15, 0.2) is 5.16 Å². The zero-order valence-electron chi connectivity index (χ0n) is 17.5. The number of urea groups is 1. The maximum absolute atomic E-state index is 13.5. The zero-order chi connectivity index (χ0) is 22.4. The third kappa shape index (κ3) is 3.23. The van der Waals surface area contributed by atoms with Crippen LogP contribution in [0.2, 0.25) is 0 Å². The second-order valence-corrected chi connectivity index (χ2v) is 8.57. The van der Waals surface area contributed by atoms with Crippen LogP contribution >= 0.6 is 11.8 Å². The Balaban J connectivity index is 1.66. The van der Waals surface area contributed by atoms with E-state index in [0.717, 1.165) is 16.8 Å². The number of aromatic nitrogens is 4. The van der Waals surface area contributed by atoms with E-state index in [1.165, 1.54) is 16.7 Å². The molecule has 10 heteroatoms. The molecule has 1 fully saturated rings. The number of para-hydroxylation sites is 1. The van der Waals surface area contributed by atoms with E-state index >= 15 is 0 Å². The highest BCUT2D eigenvalue weighted by molar-refractivity contribution is 7.99. The number of imide groups is 1. The average molecular weight is 449 g/mol. The lowest BCUT2D eigenvalue weighted by Gasteiger charge is -2.14. The quantitative estimate of drug-likeness (QED) is 0.481. The van der Waals surface area contributed by atoms with Crippen molar-refractivity contribution in [2.75, 3.05) is 18.8 Å². The fourth-order valence-corrected chi connectivity index (χ4v) is 4.68. The van der Waals surface area contributed by atoms with Crippen LogP contribution in [0.15, 0.2) is 52.4 Å². The van der Waals surface area contributed by atoms with E-state index in [1.54, 1.807) is 15.0 Å². The summed E-state index contributed by atoms with van der Waals surface area (Å²) in [4.78, 5) is 38.9. The SMILES string of the molecule is Cc1ccc(C)c(-n2c(=O)c3ccccc3n3c(SCC(=O)N4CCNC4=O)nnc23)c1. The van der Waals surface area contributed by atoms with E-state index in [0.29, 0.717) is 34.9 Å². The molecule has 2 aromatic carbocycles. The van der Waals surface area contributed by atoms with Crippen molar-refractivity contribution in [2.45, 2.75) is 19.0 Å². The van der Waals surface area contributed by atoms with Crippen molar-refractivity contribution in [3.05, 3.63) is 63.9 Å². The molecule has 1 N–H and O–H groups in total. The molecular weight excluding hydrogens is 428 g/mol. The highest BCUT2D eigenvalue weighted by Gasteiger charge is 2.27. The fraction of sp³-hybridized carbons (Fsp3) is 0.227. The molecule has 1 aliphatic rings. The number of amides is 3. The molecule has 0 radical (unpaired) electrons. The molecule has 1 saturated heterocycles. The van der Waals surface area contributed by atoms with Crippen LogP contribution in [0.3, 0.4) is 0 Å². The minimum atomic E-state index is -0.379. The standard InChI is InChI=1S/C22H20N6O3S/c1-13-7-8-14(2)17(11-13)27-19(30)15-5-3-4-6-16(15)28-20(27)24-25-22(28)32-12-18(29)26-10-9-23-21(26)31/h3-8,11H,9-10,12H2,1-2H3,(H,23,31). The van der Waals surface area contributed by atoms with Gasteiger partial charge in [-0.25, -0.2) is 9.36 Å². The van der Waals surface area contributed by atoms with Gasteiger partial charge in [-0.2, -0.15) is 0 Å². The Morgan fingerprint density at radius 1 is 1.12 bits per heavy atom. The molecule has 0 unspecified atom stereocenters. The Bertz CT molecular complexity index is 1460. The molecular formula is C22H20N6O3S. The van der Waals surface area contributed by atoms with Crippen molar-refractivity contribution < 1.29 is 9.59 Å². The Kier molecular flexibility index (Phi) is 4.93. The number of nitrogens with zero attached hydrogens (tertiary/aromatic N) is 5. The van der Waals surface area contributed by atoms with Gasteiger partial charge in [0, 0.05) is 13.1 Å². The lowest BCUT2D eigenvalue weighted by molar-refractivity contribution is -0.124. The van der Waals surface area contributed by atoms with Crippen LogP contribution in [-0.2, 0) is 4.79 Å². The van der Waals surface area contributed by atoms with E-state index in [9.17, 15) is 14.4 Å². The summed E-state index contributed by atoms with van der Waals surface area (Å²) < 4.78 is 3.36. The van der Waals surface area contributed by atoms with Gasteiger partial charge in [0.05, 0.1) is 22.3 Å². The van der Waals surface area contributed by atoms with Crippen LogP contribution in [0.5, 0.6) is 0 Å². The number of carbonyl (C=O) groups is 2. The second kappa shape index (κ2) is 7.79. The molecule has 3 amide bonds. The van der Waals surface area contributed by atoms with Crippen molar-refractivity contribution in [1.82, 2.24) is 29.4 Å². The average Bonchev–Trinajstić information content (AvgIpc) is 3.41. The number of benzene rings is 2. The van der Waals surface area contributed by atoms with Crippen LogP contribution in [0, 0.1) is 13.8 Å². The fourth-order valence-electron chi connectivity index (χ4n) is 3.86. The smallest absolute Gasteiger partial charge is 0.324 e. The number of aryl methyl sites for hydroxylation is 2. The monoisotopic (exact) mass is 448 g/mol. The Labute approximate surface area is 187 Å². The van der Waals surface area contributed by atoms with Gasteiger partial charge in [0.1, 0.15) is 0 Å². The molecule has 0 aliphatic carbocycles.